The monoisotopic (exact) mass is 632 g/mol. The second-order valence-corrected chi connectivity index (χ2v) is 12.3. The van der Waals surface area contributed by atoms with E-state index in [2.05, 4.69) is 50.6 Å². The number of ketones is 1. The average Bonchev–Trinajstić information content (AvgIpc) is 3.04. The Balaban J connectivity index is 1.19. The Kier molecular flexibility index (Phi) is 12.7. The van der Waals surface area contributed by atoms with Gasteiger partial charge in [0.2, 0.25) is 0 Å². The fourth-order valence-electron chi connectivity index (χ4n) is 5.16. The number of pyridine rings is 1. The normalized spacial score (nSPS) is 13.0. The first-order valence-corrected chi connectivity index (χ1v) is 15.7. The van der Waals surface area contributed by atoms with E-state index in [1.807, 2.05) is 36.4 Å². The van der Waals surface area contributed by atoms with Crippen molar-refractivity contribution in [2.24, 2.45) is 10.5 Å². The van der Waals surface area contributed by atoms with Crippen molar-refractivity contribution in [3.63, 3.8) is 0 Å². The molecule has 3 aromatic rings. The Hall–Kier alpha value is -4.03. The number of unbranched alkanes of at least 4 members (excludes halogenated alkanes) is 1. The number of rotatable bonds is 17. The largest absolute Gasteiger partial charge is 0.493 e. The molecule has 1 amide bonds. The first-order chi connectivity index (χ1) is 21.8. The SMILES string of the molecule is C=CCc1c(OCCCCC(C)(C)CNC(=O)c2ccc(N/N=C/c3ccccc3SOOO)nc2)ccc2c1CCCC2=O. The molecule has 0 saturated heterocycles. The van der Waals surface area contributed by atoms with Gasteiger partial charge in [0.1, 0.15) is 11.6 Å². The summed E-state index contributed by atoms with van der Waals surface area (Å²) in [5.41, 5.74) is 6.98. The summed E-state index contributed by atoms with van der Waals surface area (Å²) in [5, 5.41) is 19.2. The third-order valence-electron chi connectivity index (χ3n) is 7.58. The molecule has 45 heavy (non-hydrogen) atoms. The number of aromatic nitrogens is 1. The number of carbonyl (C=O) groups is 2. The lowest BCUT2D eigenvalue weighted by molar-refractivity contribution is -0.432. The van der Waals surface area contributed by atoms with E-state index in [0.717, 1.165) is 72.2 Å². The number of fused-ring (bicyclic) bond motifs is 1. The summed E-state index contributed by atoms with van der Waals surface area (Å²) in [6, 6.07) is 14.5. The van der Waals surface area contributed by atoms with Gasteiger partial charge in [-0.2, -0.15) is 5.10 Å². The van der Waals surface area contributed by atoms with E-state index in [1.165, 1.54) is 6.20 Å². The van der Waals surface area contributed by atoms with Crippen LogP contribution in [0, 0.1) is 5.41 Å². The topological polar surface area (TPSA) is 131 Å². The molecule has 1 aliphatic rings. The van der Waals surface area contributed by atoms with E-state index in [0.29, 0.717) is 42.3 Å². The predicted molar refractivity (Wildman–Crippen MR) is 176 cm³/mol. The second kappa shape index (κ2) is 16.9. The van der Waals surface area contributed by atoms with Crippen LogP contribution >= 0.6 is 12.0 Å². The number of benzene rings is 2. The Morgan fingerprint density at radius 1 is 1.16 bits per heavy atom. The summed E-state index contributed by atoms with van der Waals surface area (Å²) in [6.45, 7) is 9.29. The maximum absolute atomic E-state index is 12.8. The van der Waals surface area contributed by atoms with Gasteiger partial charge in [-0.3, -0.25) is 15.0 Å². The summed E-state index contributed by atoms with van der Waals surface area (Å²) in [5.74, 6) is 1.35. The number of Topliss-reactive ketones (excluding diaryl/α,β-unsaturated/α-hetero) is 1. The number of carbonyl (C=O) groups excluding carboxylic acids is 2. The minimum Gasteiger partial charge on any atom is -0.493 e. The van der Waals surface area contributed by atoms with E-state index in [1.54, 1.807) is 24.4 Å². The molecule has 3 N–H and O–H groups in total. The van der Waals surface area contributed by atoms with Gasteiger partial charge in [0.15, 0.2) is 5.78 Å². The lowest BCUT2D eigenvalue weighted by Gasteiger charge is -2.25. The number of nitrogens with one attached hydrogen (secondary N) is 2. The van der Waals surface area contributed by atoms with Gasteiger partial charge >= 0.3 is 0 Å². The molecule has 1 aliphatic carbocycles. The maximum Gasteiger partial charge on any atom is 0.252 e. The van der Waals surface area contributed by atoms with E-state index in [4.69, 9.17) is 9.99 Å². The first kappa shape index (κ1) is 33.9. The third-order valence-corrected chi connectivity index (χ3v) is 8.26. The lowest BCUT2D eigenvalue weighted by atomic mass is 9.86. The van der Waals surface area contributed by atoms with Crippen LogP contribution in [0.15, 0.2) is 77.4 Å². The minimum atomic E-state index is -0.188. The van der Waals surface area contributed by atoms with Gasteiger partial charge in [-0.15, -0.1) is 10.9 Å². The van der Waals surface area contributed by atoms with Crippen LogP contribution in [0.4, 0.5) is 5.82 Å². The molecule has 2 aromatic carbocycles. The van der Waals surface area contributed by atoms with Crippen LogP contribution in [0.25, 0.3) is 0 Å². The molecule has 0 fully saturated rings. The molecule has 0 atom stereocenters. The van der Waals surface area contributed by atoms with Crippen molar-refractivity contribution < 1.29 is 29.0 Å². The highest BCUT2D eigenvalue weighted by molar-refractivity contribution is 7.94. The zero-order valence-electron chi connectivity index (χ0n) is 25.7. The zero-order chi connectivity index (χ0) is 32.1. The standard InChI is InChI=1S/C34H40N4O6S/c1-4-10-28-26-12-9-13-29(39)27(26)16-17-30(28)42-20-8-7-19-34(2,3)23-36-33(40)25-15-18-32(35-21-25)38-37-22-24-11-5-6-14-31(24)45-44-43-41/h4-6,11,14-18,21-22,41H,1,7-10,12-13,19-20,23H2,2-3H3,(H,35,38)(H,36,40)/b37-22+. The van der Waals surface area contributed by atoms with Crippen molar-refractivity contribution in [3.8, 4) is 5.75 Å². The Bertz CT molecular complexity index is 1490. The number of hydrogen-bond acceptors (Lipinski definition) is 10. The highest BCUT2D eigenvalue weighted by Crippen LogP contribution is 2.32. The van der Waals surface area contributed by atoms with Crippen molar-refractivity contribution in [1.82, 2.24) is 10.3 Å². The fraction of sp³-hybridized carbons (Fsp3) is 0.353. The Labute approximate surface area is 268 Å². The van der Waals surface area contributed by atoms with Crippen LogP contribution in [0.5, 0.6) is 5.75 Å². The average molecular weight is 633 g/mol. The molecule has 1 heterocycles. The van der Waals surface area contributed by atoms with Crippen molar-refractivity contribution >= 4 is 35.8 Å². The van der Waals surface area contributed by atoms with Crippen LogP contribution in [0.1, 0.15) is 83.4 Å². The molecule has 0 aliphatic heterocycles. The number of anilines is 1. The van der Waals surface area contributed by atoms with E-state index in [9.17, 15) is 9.59 Å². The van der Waals surface area contributed by atoms with Crippen molar-refractivity contribution in [3.05, 3.63) is 95.2 Å². The number of hydrogen-bond donors (Lipinski definition) is 3. The zero-order valence-corrected chi connectivity index (χ0v) is 26.5. The quantitative estimate of drug-likeness (QED) is 0.0353. The highest BCUT2D eigenvalue weighted by Gasteiger charge is 2.22. The number of nitrogens with zero attached hydrogens (tertiary/aromatic N) is 2. The molecule has 10 nitrogen and oxygen atoms in total. The highest BCUT2D eigenvalue weighted by atomic mass is 32.2. The first-order valence-electron chi connectivity index (χ1n) is 15.0. The smallest absolute Gasteiger partial charge is 0.252 e. The van der Waals surface area contributed by atoms with Crippen LogP contribution in [0.3, 0.4) is 0 Å². The number of amides is 1. The number of ether oxygens (including phenoxy) is 1. The van der Waals surface area contributed by atoms with Crippen LogP contribution in [0.2, 0.25) is 0 Å². The van der Waals surface area contributed by atoms with Gasteiger partial charge in [-0.1, -0.05) is 43.2 Å². The second-order valence-electron chi connectivity index (χ2n) is 11.6. The fourth-order valence-corrected chi connectivity index (χ4v) is 5.61. The molecule has 11 heteroatoms. The van der Waals surface area contributed by atoms with Crippen molar-refractivity contribution in [1.29, 1.82) is 0 Å². The van der Waals surface area contributed by atoms with Gasteiger partial charge in [0.25, 0.3) is 5.91 Å². The van der Waals surface area contributed by atoms with Crippen LogP contribution in [-0.2, 0) is 22.2 Å². The van der Waals surface area contributed by atoms with E-state index < -0.39 is 0 Å². The molecule has 1 aromatic heterocycles. The molecule has 238 valence electrons. The summed E-state index contributed by atoms with van der Waals surface area (Å²) in [6.07, 6.45) is 10.8. The van der Waals surface area contributed by atoms with Gasteiger partial charge in [0, 0.05) is 40.7 Å². The van der Waals surface area contributed by atoms with Crippen molar-refractivity contribution in [2.75, 3.05) is 18.6 Å². The molecule has 0 unspecified atom stereocenters. The van der Waals surface area contributed by atoms with Gasteiger partial charge in [0.05, 0.1) is 30.4 Å². The molecular formula is C34H40N4O6S. The van der Waals surface area contributed by atoms with Crippen LogP contribution < -0.4 is 15.5 Å². The number of allylic oxidation sites excluding steroid dienone is 1. The summed E-state index contributed by atoms with van der Waals surface area (Å²) < 4.78 is 10.7. The molecule has 0 spiro atoms. The van der Waals surface area contributed by atoms with Gasteiger partial charge < -0.3 is 10.1 Å². The molecular weight excluding hydrogens is 592 g/mol. The third kappa shape index (κ3) is 9.98. The van der Waals surface area contributed by atoms with Gasteiger partial charge in [-0.25, -0.2) is 10.2 Å². The predicted octanol–water partition coefficient (Wildman–Crippen LogP) is 7.21. The van der Waals surface area contributed by atoms with Crippen molar-refractivity contribution in [2.45, 2.75) is 63.7 Å². The minimum absolute atomic E-state index is 0.0948. The van der Waals surface area contributed by atoms with Gasteiger partial charge in [-0.05, 0) is 79.8 Å². The molecule has 0 saturated carbocycles. The number of hydrazone groups is 1. The van der Waals surface area contributed by atoms with E-state index >= 15 is 0 Å². The lowest BCUT2D eigenvalue weighted by Crippen LogP contribution is -2.34. The Morgan fingerprint density at radius 2 is 2.00 bits per heavy atom. The van der Waals surface area contributed by atoms with E-state index in [-0.39, 0.29) is 17.1 Å². The maximum atomic E-state index is 12.8. The molecule has 0 radical (unpaired) electrons. The molecule has 4 rings (SSSR count). The summed E-state index contributed by atoms with van der Waals surface area (Å²) in [7, 11) is 0. The van der Waals surface area contributed by atoms with Crippen LogP contribution in [-0.4, -0.2) is 41.3 Å². The summed E-state index contributed by atoms with van der Waals surface area (Å²) >= 11 is 0.847. The summed E-state index contributed by atoms with van der Waals surface area (Å²) in [4.78, 5) is 30.1. The molecule has 0 bridgehead atoms. The Morgan fingerprint density at radius 3 is 2.78 bits per heavy atom.